The number of furan rings is 2. The van der Waals surface area contributed by atoms with Crippen LogP contribution < -0.4 is 4.90 Å². The summed E-state index contributed by atoms with van der Waals surface area (Å²) in [4.78, 5) is 2.33. The monoisotopic (exact) mass is 657 g/mol. The summed E-state index contributed by atoms with van der Waals surface area (Å²) in [6.07, 6.45) is 0. The molecule has 8 aromatic carbocycles. The highest BCUT2D eigenvalue weighted by atomic mass is 32.1. The zero-order valence-corrected chi connectivity index (χ0v) is 27.6. The first-order valence-corrected chi connectivity index (χ1v) is 17.6. The molecule has 0 bridgehead atoms. The Morgan fingerprint density at radius 2 is 1.10 bits per heavy atom. The molecule has 0 amide bonds. The summed E-state index contributed by atoms with van der Waals surface area (Å²) in [5, 5.41) is 9.29. The van der Waals surface area contributed by atoms with E-state index in [1.165, 1.54) is 31.3 Å². The highest BCUT2D eigenvalue weighted by Gasteiger charge is 2.21. The van der Waals surface area contributed by atoms with Crippen LogP contribution in [0, 0.1) is 0 Å². The van der Waals surface area contributed by atoms with Crippen LogP contribution in [0.25, 0.3) is 85.9 Å². The van der Waals surface area contributed by atoms with Gasteiger partial charge in [0.25, 0.3) is 0 Å². The molecule has 3 nitrogen and oxygen atoms in total. The lowest BCUT2D eigenvalue weighted by atomic mass is 10.0. The molecule has 0 aliphatic rings. The predicted molar refractivity (Wildman–Crippen MR) is 212 cm³/mol. The van der Waals surface area contributed by atoms with Crippen LogP contribution in [0.15, 0.2) is 173 Å². The Hall–Kier alpha value is -6.36. The minimum Gasteiger partial charge on any atom is -0.456 e. The number of hydrogen-bond acceptors (Lipinski definition) is 4. The van der Waals surface area contributed by atoms with Gasteiger partial charge in [-0.15, -0.1) is 11.3 Å². The van der Waals surface area contributed by atoms with E-state index in [2.05, 4.69) is 157 Å². The number of nitrogens with zero attached hydrogens (tertiary/aromatic N) is 1. The fourth-order valence-electron chi connectivity index (χ4n) is 7.71. The number of hydrogen-bond donors (Lipinski definition) is 0. The maximum absolute atomic E-state index is 6.63. The van der Waals surface area contributed by atoms with E-state index in [9.17, 15) is 0 Å². The Labute approximate surface area is 290 Å². The van der Waals surface area contributed by atoms with Gasteiger partial charge in [-0.3, -0.25) is 0 Å². The van der Waals surface area contributed by atoms with Crippen molar-refractivity contribution in [2.24, 2.45) is 0 Å². The maximum Gasteiger partial charge on any atom is 0.143 e. The van der Waals surface area contributed by atoms with Crippen LogP contribution in [0.3, 0.4) is 0 Å². The number of thiophene rings is 1. The number of anilines is 3. The van der Waals surface area contributed by atoms with E-state index in [-0.39, 0.29) is 0 Å². The molecule has 11 rings (SSSR count). The Bertz CT molecular complexity index is 3110. The molecule has 50 heavy (non-hydrogen) atoms. The normalized spacial score (nSPS) is 12.0. The van der Waals surface area contributed by atoms with Crippen molar-refractivity contribution >= 4 is 103 Å². The van der Waals surface area contributed by atoms with Crippen molar-refractivity contribution in [1.82, 2.24) is 0 Å². The second kappa shape index (κ2) is 10.6. The summed E-state index contributed by atoms with van der Waals surface area (Å²) < 4.78 is 15.7. The Kier molecular flexibility index (Phi) is 5.83. The van der Waals surface area contributed by atoms with Crippen LogP contribution in [0.1, 0.15) is 0 Å². The highest BCUT2D eigenvalue weighted by Crippen LogP contribution is 2.46. The van der Waals surface area contributed by atoms with E-state index in [0.717, 1.165) is 71.7 Å². The summed E-state index contributed by atoms with van der Waals surface area (Å²) in [6, 6.07) is 58.4. The van der Waals surface area contributed by atoms with Crippen molar-refractivity contribution < 1.29 is 8.83 Å². The molecule has 0 atom stereocenters. The summed E-state index contributed by atoms with van der Waals surface area (Å²) in [5.41, 5.74) is 9.01. The summed E-state index contributed by atoms with van der Waals surface area (Å²) in [5.74, 6) is 0. The Morgan fingerprint density at radius 1 is 0.400 bits per heavy atom. The van der Waals surface area contributed by atoms with Gasteiger partial charge >= 0.3 is 0 Å². The smallest absolute Gasteiger partial charge is 0.143 e. The van der Waals surface area contributed by atoms with Gasteiger partial charge in [0.1, 0.15) is 22.3 Å². The van der Waals surface area contributed by atoms with E-state index >= 15 is 0 Å². The van der Waals surface area contributed by atoms with Gasteiger partial charge in [0.05, 0.1) is 11.1 Å². The molecule has 3 aromatic heterocycles. The molecule has 0 saturated heterocycles. The maximum atomic E-state index is 6.63. The molecule has 0 fully saturated rings. The van der Waals surface area contributed by atoms with Crippen LogP contribution in [-0.2, 0) is 0 Å². The van der Waals surface area contributed by atoms with E-state index in [1.54, 1.807) is 0 Å². The lowest BCUT2D eigenvalue weighted by molar-refractivity contribution is 0.669. The second-order valence-electron chi connectivity index (χ2n) is 12.9. The number of para-hydroxylation sites is 1. The van der Waals surface area contributed by atoms with Crippen molar-refractivity contribution in [3.63, 3.8) is 0 Å². The number of rotatable bonds is 4. The van der Waals surface area contributed by atoms with Gasteiger partial charge in [0.15, 0.2) is 0 Å². The molecule has 3 heterocycles. The lowest BCUT2D eigenvalue weighted by Crippen LogP contribution is -2.10. The van der Waals surface area contributed by atoms with Crippen molar-refractivity contribution in [1.29, 1.82) is 0 Å². The Morgan fingerprint density at radius 3 is 2.02 bits per heavy atom. The first-order chi connectivity index (χ1) is 24.8. The molecule has 11 aromatic rings. The SMILES string of the molecule is c1ccc2c(c1)ccc1c2oc2cccc(N(c3ccc(-c4ccc5sc6ccccc6c5c4)cc3)c3ccc4c(c3)oc3ccccc34)c21. The van der Waals surface area contributed by atoms with E-state index in [1.807, 2.05) is 23.5 Å². The molecular formula is C46H27NO2S. The standard InChI is InChI=1S/C46H27NO2S/c1-2-9-33-29(8-1)18-23-37-45-39(12-7-14-41(45)49-46(33)37)47(32-22-24-35-34-10-3-5-13-40(34)48-42(35)27-32)31-20-16-28(17-21-31)30-19-25-44-38(26-30)36-11-4-6-15-43(36)50-44/h1-27H. The third kappa shape index (κ3) is 4.09. The molecule has 0 aliphatic heterocycles. The van der Waals surface area contributed by atoms with Crippen molar-refractivity contribution in [2.45, 2.75) is 0 Å². The van der Waals surface area contributed by atoms with Gasteiger partial charge in [-0.2, -0.15) is 0 Å². The first-order valence-electron chi connectivity index (χ1n) is 16.8. The topological polar surface area (TPSA) is 29.5 Å². The molecule has 0 spiro atoms. The minimum atomic E-state index is 0.858. The number of benzene rings is 8. The zero-order valence-electron chi connectivity index (χ0n) is 26.8. The average molecular weight is 658 g/mol. The number of fused-ring (bicyclic) bond motifs is 11. The van der Waals surface area contributed by atoms with Gasteiger partial charge in [-0.25, -0.2) is 0 Å². The largest absolute Gasteiger partial charge is 0.456 e. The van der Waals surface area contributed by atoms with Crippen molar-refractivity contribution in [3.05, 3.63) is 164 Å². The third-order valence-electron chi connectivity index (χ3n) is 10.1. The Balaban J connectivity index is 1.11. The second-order valence-corrected chi connectivity index (χ2v) is 14.0. The van der Waals surface area contributed by atoms with Crippen LogP contribution in [-0.4, -0.2) is 0 Å². The van der Waals surface area contributed by atoms with Gasteiger partial charge in [-0.05, 0) is 83.2 Å². The molecule has 234 valence electrons. The van der Waals surface area contributed by atoms with Gasteiger partial charge in [-0.1, -0.05) is 91.0 Å². The first kappa shape index (κ1) is 27.6. The zero-order chi connectivity index (χ0) is 32.8. The molecule has 0 aliphatic carbocycles. The molecule has 0 saturated carbocycles. The van der Waals surface area contributed by atoms with Crippen LogP contribution in [0.5, 0.6) is 0 Å². The van der Waals surface area contributed by atoms with Gasteiger partial charge < -0.3 is 13.7 Å². The van der Waals surface area contributed by atoms with E-state index in [0.29, 0.717) is 0 Å². The van der Waals surface area contributed by atoms with Crippen molar-refractivity contribution in [3.8, 4) is 11.1 Å². The van der Waals surface area contributed by atoms with Crippen molar-refractivity contribution in [2.75, 3.05) is 4.90 Å². The van der Waals surface area contributed by atoms with Gasteiger partial charge in [0.2, 0.25) is 0 Å². The molecule has 0 unspecified atom stereocenters. The quantitative estimate of drug-likeness (QED) is 0.189. The van der Waals surface area contributed by atoms with Crippen LogP contribution >= 0.6 is 11.3 Å². The molecule has 0 N–H and O–H groups in total. The fourth-order valence-corrected chi connectivity index (χ4v) is 8.80. The minimum absolute atomic E-state index is 0.858. The molecular weight excluding hydrogens is 631 g/mol. The summed E-state index contributed by atoms with van der Waals surface area (Å²) in [7, 11) is 0. The summed E-state index contributed by atoms with van der Waals surface area (Å²) >= 11 is 1.85. The summed E-state index contributed by atoms with van der Waals surface area (Å²) in [6.45, 7) is 0. The third-order valence-corrected chi connectivity index (χ3v) is 11.2. The average Bonchev–Trinajstić information content (AvgIpc) is 3.86. The van der Waals surface area contributed by atoms with E-state index < -0.39 is 0 Å². The lowest BCUT2D eigenvalue weighted by Gasteiger charge is -2.26. The molecule has 4 heteroatoms. The molecule has 0 radical (unpaired) electrons. The predicted octanol–water partition coefficient (Wildman–Crippen LogP) is 14.1. The fraction of sp³-hybridized carbons (Fsp3) is 0. The van der Waals surface area contributed by atoms with Gasteiger partial charge in [0, 0.05) is 59.2 Å². The van der Waals surface area contributed by atoms with Crippen LogP contribution in [0.4, 0.5) is 17.1 Å². The van der Waals surface area contributed by atoms with Crippen LogP contribution in [0.2, 0.25) is 0 Å². The highest BCUT2D eigenvalue weighted by molar-refractivity contribution is 7.25. The van der Waals surface area contributed by atoms with E-state index in [4.69, 9.17) is 8.83 Å².